The third-order valence-electron chi connectivity index (χ3n) is 2.56. The molecule has 0 fully saturated rings. The normalized spacial score (nSPS) is 12.5. The smallest absolute Gasteiger partial charge is 0.0656 e. The number of hydrogen-bond acceptors (Lipinski definition) is 2. The molecule has 0 spiro atoms. The highest BCUT2D eigenvalue weighted by molar-refractivity contribution is 5.25. The van der Waals surface area contributed by atoms with E-state index in [4.69, 9.17) is 5.26 Å². The van der Waals surface area contributed by atoms with Gasteiger partial charge in [0.15, 0.2) is 0 Å². The lowest BCUT2D eigenvalue weighted by Gasteiger charge is -2.03. The maximum Gasteiger partial charge on any atom is 0.0656 e. The molecule has 0 aliphatic rings. The van der Waals surface area contributed by atoms with Gasteiger partial charge < -0.3 is 0 Å². The molecule has 0 amide bonds. The summed E-state index contributed by atoms with van der Waals surface area (Å²) in [5.41, 5.74) is 3.50. The van der Waals surface area contributed by atoms with Gasteiger partial charge in [-0.15, -0.1) is 0 Å². The summed E-state index contributed by atoms with van der Waals surface area (Å²) >= 11 is 0. The molecule has 1 heterocycles. The van der Waals surface area contributed by atoms with Crippen LogP contribution in [-0.2, 0) is 13.0 Å². The Morgan fingerprint density at radius 1 is 1.50 bits per heavy atom. The minimum absolute atomic E-state index is 0.0712. The molecule has 76 valence electrons. The Bertz CT molecular complexity index is 357. The average Bonchev–Trinajstić information content (AvgIpc) is 2.44. The summed E-state index contributed by atoms with van der Waals surface area (Å²) in [6.45, 7) is 9.01. The second-order valence-electron chi connectivity index (χ2n) is 3.70. The summed E-state index contributed by atoms with van der Waals surface area (Å²) in [7, 11) is 0. The van der Waals surface area contributed by atoms with E-state index in [1.165, 1.54) is 11.3 Å². The predicted molar refractivity (Wildman–Crippen MR) is 55.9 cm³/mol. The van der Waals surface area contributed by atoms with E-state index >= 15 is 0 Å². The summed E-state index contributed by atoms with van der Waals surface area (Å²) in [6, 6.07) is 2.26. The maximum atomic E-state index is 8.76. The first-order chi connectivity index (χ1) is 6.60. The molecule has 0 aliphatic carbocycles. The van der Waals surface area contributed by atoms with Crippen molar-refractivity contribution in [3.63, 3.8) is 0 Å². The number of aryl methyl sites for hydroxylation is 2. The standard InChI is InChI=1S/C11H17N3/c1-5-14-10(4)11(9(3)13-14)6-8(2)7-12/h8H,5-6H2,1-4H3. The van der Waals surface area contributed by atoms with Gasteiger partial charge in [-0.25, -0.2) is 0 Å². The van der Waals surface area contributed by atoms with Crippen molar-refractivity contribution >= 4 is 0 Å². The number of nitriles is 1. The molecule has 1 aromatic heterocycles. The zero-order valence-electron chi connectivity index (χ0n) is 9.33. The first kappa shape index (κ1) is 10.8. The van der Waals surface area contributed by atoms with Crippen LogP contribution < -0.4 is 0 Å². The molecular formula is C11H17N3. The van der Waals surface area contributed by atoms with E-state index in [0.717, 1.165) is 18.7 Å². The van der Waals surface area contributed by atoms with Crippen molar-refractivity contribution in [3.8, 4) is 6.07 Å². The Balaban J connectivity index is 2.97. The topological polar surface area (TPSA) is 41.6 Å². The van der Waals surface area contributed by atoms with Crippen LogP contribution in [0.4, 0.5) is 0 Å². The minimum Gasteiger partial charge on any atom is -0.270 e. The Morgan fingerprint density at radius 2 is 2.14 bits per heavy atom. The molecule has 0 saturated carbocycles. The summed E-state index contributed by atoms with van der Waals surface area (Å²) in [5.74, 6) is 0.0712. The van der Waals surface area contributed by atoms with E-state index < -0.39 is 0 Å². The van der Waals surface area contributed by atoms with Crippen molar-refractivity contribution in [2.45, 2.75) is 40.7 Å². The lowest BCUT2D eigenvalue weighted by atomic mass is 10.0. The molecule has 3 nitrogen and oxygen atoms in total. The molecule has 3 heteroatoms. The quantitative estimate of drug-likeness (QED) is 0.735. The maximum absolute atomic E-state index is 8.76. The van der Waals surface area contributed by atoms with Gasteiger partial charge >= 0.3 is 0 Å². The van der Waals surface area contributed by atoms with E-state index in [1.807, 2.05) is 18.5 Å². The number of nitrogens with zero attached hydrogens (tertiary/aromatic N) is 3. The Morgan fingerprint density at radius 3 is 2.57 bits per heavy atom. The number of hydrogen-bond donors (Lipinski definition) is 0. The SMILES string of the molecule is CCn1nc(C)c(CC(C)C#N)c1C. The summed E-state index contributed by atoms with van der Waals surface area (Å²) in [4.78, 5) is 0. The molecule has 0 N–H and O–H groups in total. The second kappa shape index (κ2) is 4.28. The van der Waals surface area contributed by atoms with Crippen LogP contribution in [0, 0.1) is 31.1 Å². The molecule has 0 aliphatic heterocycles. The summed E-state index contributed by atoms with van der Waals surface area (Å²) in [5, 5.41) is 13.2. The largest absolute Gasteiger partial charge is 0.270 e. The lowest BCUT2D eigenvalue weighted by molar-refractivity contribution is 0.632. The molecule has 1 unspecified atom stereocenters. The molecule has 1 aromatic rings. The van der Waals surface area contributed by atoms with E-state index in [0.29, 0.717) is 0 Å². The van der Waals surface area contributed by atoms with E-state index in [-0.39, 0.29) is 5.92 Å². The molecule has 0 radical (unpaired) electrons. The Labute approximate surface area is 85.4 Å². The molecule has 1 rings (SSSR count). The van der Waals surface area contributed by atoms with E-state index in [9.17, 15) is 0 Å². The minimum atomic E-state index is 0.0712. The first-order valence-corrected chi connectivity index (χ1v) is 5.02. The van der Waals surface area contributed by atoms with Crippen LogP contribution in [0.1, 0.15) is 30.8 Å². The highest BCUT2D eigenvalue weighted by Gasteiger charge is 2.12. The van der Waals surface area contributed by atoms with Gasteiger partial charge in [0.2, 0.25) is 0 Å². The van der Waals surface area contributed by atoms with Crippen LogP contribution in [0.15, 0.2) is 0 Å². The Kier molecular flexibility index (Phi) is 3.29. The van der Waals surface area contributed by atoms with Crippen LogP contribution >= 0.6 is 0 Å². The number of rotatable bonds is 3. The lowest BCUT2D eigenvalue weighted by Crippen LogP contribution is -2.01. The average molecular weight is 191 g/mol. The van der Waals surface area contributed by atoms with E-state index in [2.05, 4.69) is 25.0 Å². The van der Waals surface area contributed by atoms with Crippen molar-refractivity contribution < 1.29 is 0 Å². The first-order valence-electron chi connectivity index (χ1n) is 5.02. The molecule has 0 aromatic carbocycles. The zero-order valence-corrected chi connectivity index (χ0v) is 9.33. The van der Waals surface area contributed by atoms with Crippen LogP contribution in [0.3, 0.4) is 0 Å². The monoisotopic (exact) mass is 191 g/mol. The molecule has 0 bridgehead atoms. The van der Waals surface area contributed by atoms with Crippen molar-refractivity contribution in [1.29, 1.82) is 5.26 Å². The fourth-order valence-electron chi connectivity index (χ4n) is 1.69. The fourth-order valence-corrected chi connectivity index (χ4v) is 1.69. The van der Waals surface area contributed by atoms with Crippen LogP contribution in [0.25, 0.3) is 0 Å². The molecule has 0 saturated heterocycles. The van der Waals surface area contributed by atoms with Crippen molar-refractivity contribution in [1.82, 2.24) is 9.78 Å². The van der Waals surface area contributed by atoms with Crippen molar-refractivity contribution in [2.24, 2.45) is 5.92 Å². The van der Waals surface area contributed by atoms with Gasteiger partial charge in [0.25, 0.3) is 0 Å². The fraction of sp³-hybridized carbons (Fsp3) is 0.636. The highest BCUT2D eigenvalue weighted by Crippen LogP contribution is 2.17. The van der Waals surface area contributed by atoms with Gasteiger partial charge in [0.05, 0.1) is 11.8 Å². The van der Waals surface area contributed by atoms with Gasteiger partial charge in [0.1, 0.15) is 0 Å². The third-order valence-corrected chi connectivity index (χ3v) is 2.56. The predicted octanol–water partition coefficient (Wildman–Crippen LogP) is 2.22. The molecular weight excluding hydrogens is 174 g/mol. The van der Waals surface area contributed by atoms with Gasteiger partial charge in [-0.3, -0.25) is 4.68 Å². The van der Waals surface area contributed by atoms with Gasteiger partial charge in [-0.2, -0.15) is 10.4 Å². The second-order valence-corrected chi connectivity index (χ2v) is 3.70. The van der Waals surface area contributed by atoms with Crippen LogP contribution in [0.2, 0.25) is 0 Å². The summed E-state index contributed by atoms with van der Waals surface area (Å²) in [6.07, 6.45) is 0.814. The van der Waals surface area contributed by atoms with Gasteiger partial charge in [0, 0.05) is 18.2 Å². The van der Waals surface area contributed by atoms with Gasteiger partial charge in [-0.05, 0) is 39.7 Å². The molecule has 1 atom stereocenters. The zero-order chi connectivity index (χ0) is 10.7. The summed E-state index contributed by atoms with van der Waals surface area (Å²) < 4.78 is 1.99. The third kappa shape index (κ3) is 1.95. The van der Waals surface area contributed by atoms with Crippen LogP contribution in [-0.4, -0.2) is 9.78 Å². The molecule has 14 heavy (non-hydrogen) atoms. The number of aromatic nitrogens is 2. The van der Waals surface area contributed by atoms with Crippen molar-refractivity contribution in [2.75, 3.05) is 0 Å². The van der Waals surface area contributed by atoms with Gasteiger partial charge in [-0.1, -0.05) is 0 Å². The Hall–Kier alpha value is -1.30. The highest BCUT2D eigenvalue weighted by atomic mass is 15.3. The van der Waals surface area contributed by atoms with Crippen molar-refractivity contribution in [3.05, 3.63) is 17.0 Å². The van der Waals surface area contributed by atoms with Crippen LogP contribution in [0.5, 0.6) is 0 Å². The van der Waals surface area contributed by atoms with E-state index in [1.54, 1.807) is 0 Å².